The van der Waals surface area contributed by atoms with E-state index in [4.69, 9.17) is 0 Å². The molecule has 4 rings (SSSR count). The van der Waals surface area contributed by atoms with Gasteiger partial charge in [0.1, 0.15) is 0 Å². The van der Waals surface area contributed by atoms with Crippen molar-refractivity contribution in [3.63, 3.8) is 0 Å². The minimum atomic E-state index is 0.906. The van der Waals surface area contributed by atoms with Crippen molar-refractivity contribution in [2.24, 2.45) is 47.3 Å². The summed E-state index contributed by atoms with van der Waals surface area (Å²) in [5, 5.41) is 0. The highest BCUT2D eigenvalue weighted by Gasteiger charge is 2.30. The maximum atomic E-state index is 2.43. The lowest BCUT2D eigenvalue weighted by molar-refractivity contribution is 0.154. The van der Waals surface area contributed by atoms with Crippen molar-refractivity contribution in [2.45, 2.75) is 137 Å². The molecule has 0 aromatic carbocycles. The van der Waals surface area contributed by atoms with Crippen LogP contribution in [0.1, 0.15) is 137 Å². The molecule has 0 heteroatoms. The van der Waals surface area contributed by atoms with Crippen LogP contribution in [-0.4, -0.2) is 0 Å². The fraction of sp³-hybridized carbons (Fsp3) is 0.879. The lowest BCUT2D eigenvalue weighted by Gasteiger charge is -2.37. The van der Waals surface area contributed by atoms with Crippen LogP contribution in [0.25, 0.3) is 0 Å². The molecule has 0 nitrogen and oxygen atoms in total. The first kappa shape index (κ1) is 27.1. The molecule has 0 heterocycles. The van der Waals surface area contributed by atoms with Gasteiger partial charge in [0.25, 0.3) is 0 Å². The highest BCUT2D eigenvalue weighted by molar-refractivity contribution is 4.91. The summed E-state index contributed by atoms with van der Waals surface area (Å²) in [5.41, 5.74) is 0. The van der Waals surface area contributed by atoms with E-state index < -0.39 is 0 Å². The Labute approximate surface area is 208 Å². The van der Waals surface area contributed by atoms with E-state index in [1.807, 2.05) is 0 Å². The van der Waals surface area contributed by atoms with Gasteiger partial charge < -0.3 is 0 Å². The Balaban J connectivity index is 0.000000186. The van der Waals surface area contributed by atoms with Crippen molar-refractivity contribution >= 4 is 0 Å². The Bertz CT molecular complexity index is 539. The molecule has 4 saturated carbocycles. The average molecular weight is 455 g/mol. The van der Waals surface area contributed by atoms with Crippen LogP contribution in [0.15, 0.2) is 24.3 Å². The van der Waals surface area contributed by atoms with Gasteiger partial charge in [-0.3, -0.25) is 0 Å². The van der Waals surface area contributed by atoms with Crippen LogP contribution in [0, 0.1) is 47.3 Å². The zero-order valence-electron chi connectivity index (χ0n) is 22.9. The molecule has 0 aliphatic heterocycles. The molecule has 0 spiro atoms. The summed E-state index contributed by atoms with van der Waals surface area (Å²) in [7, 11) is 0. The van der Waals surface area contributed by atoms with E-state index in [0.717, 1.165) is 47.3 Å². The molecule has 4 fully saturated rings. The number of rotatable bonds is 5. The van der Waals surface area contributed by atoms with Gasteiger partial charge in [-0.1, -0.05) is 70.3 Å². The van der Waals surface area contributed by atoms with Crippen LogP contribution in [0.4, 0.5) is 0 Å². The monoisotopic (exact) mass is 454 g/mol. The van der Waals surface area contributed by atoms with E-state index in [2.05, 4.69) is 52.0 Å². The zero-order chi connectivity index (χ0) is 23.5. The summed E-state index contributed by atoms with van der Waals surface area (Å²) < 4.78 is 0. The Kier molecular flexibility index (Phi) is 12.1. The second-order valence-electron chi connectivity index (χ2n) is 12.6. The Morgan fingerprint density at radius 3 is 1.15 bits per heavy atom. The second-order valence-corrected chi connectivity index (χ2v) is 12.6. The molecular weight excluding hydrogens is 396 g/mol. The Morgan fingerprint density at radius 1 is 0.485 bits per heavy atom. The van der Waals surface area contributed by atoms with Gasteiger partial charge in [-0.25, -0.2) is 0 Å². The smallest absolute Gasteiger partial charge is 0.0233 e. The summed E-state index contributed by atoms with van der Waals surface area (Å²) in [6.45, 7) is 9.12. The quantitative estimate of drug-likeness (QED) is 0.362. The molecule has 33 heavy (non-hydrogen) atoms. The van der Waals surface area contributed by atoms with E-state index >= 15 is 0 Å². The van der Waals surface area contributed by atoms with Crippen LogP contribution in [0.2, 0.25) is 0 Å². The van der Waals surface area contributed by atoms with E-state index in [9.17, 15) is 0 Å². The van der Waals surface area contributed by atoms with E-state index in [1.165, 1.54) is 109 Å². The summed E-state index contributed by atoms with van der Waals surface area (Å²) >= 11 is 0. The largest absolute Gasteiger partial charge is 0.0914 e. The number of allylic oxidation sites excluding steroid dienone is 4. The predicted octanol–water partition coefficient (Wildman–Crippen LogP) is 10.8. The van der Waals surface area contributed by atoms with Gasteiger partial charge in [-0.05, 0) is 138 Å². The van der Waals surface area contributed by atoms with Crippen molar-refractivity contribution in [3.05, 3.63) is 24.3 Å². The Hall–Kier alpha value is -0.520. The zero-order valence-corrected chi connectivity index (χ0v) is 22.9. The van der Waals surface area contributed by atoms with Gasteiger partial charge >= 0.3 is 0 Å². The van der Waals surface area contributed by atoms with Gasteiger partial charge in [-0.15, -0.1) is 0 Å². The predicted molar refractivity (Wildman–Crippen MR) is 147 cm³/mol. The third-order valence-corrected chi connectivity index (χ3v) is 10.4. The topological polar surface area (TPSA) is 0 Å². The van der Waals surface area contributed by atoms with Crippen molar-refractivity contribution in [1.82, 2.24) is 0 Å². The molecule has 0 atom stereocenters. The average Bonchev–Trinajstić information content (AvgIpc) is 2.86. The van der Waals surface area contributed by atoms with E-state index in [1.54, 1.807) is 0 Å². The molecule has 0 aromatic rings. The first-order valence-corrected chi connectivity index (χ1v) is 15.4. The SMILES string of the molecule is C/C=C/C1CCC(C2CCC(C)CC2)CC1.C/C=C/C1CCC(C2CCC(CC)CC2)CC1. The second kappa shape index (κ2) is 14.8. The summed E-state index contributed by atoms with van der Waals surface area (Å²) in [6.07, 6.45) is 34.8. The first-order valence-electron chi connectivity index (χ1n) is 15.4. The fourth-order valence-electron chi connectivity index (χ4n) is 7.99. The van der Waals surface area contributed by atoms with Crippen molar-refractivity contribution < 1.29 is 0 Å². The van der Waals surface area contributed by atoms with Crippen LogP contribution in [0.3, 0.4) is 0 Å². The summed E-state index contributed by atoms with van der Waals surface area (Å²) in [5.74, 6) is 8.21. The molecule has 190 valence electrons. The summed E-state index contributed by atoms with van der Waals surface area (Å²) in [6, 6.07) is 0. The van der Waals surface area contributed by atoms with Crippen LogP contribution >= 0.6 is 0 Å². The maximum absolute atomic E-state index is 2.43. The number of hydrogen-bond donors (Lipinski definition) is 0. The first-order chi connectivity index (χ1) is 16.1. The third-order valence-electron chi connectivity index (χ3n) is 10.4. The Morgan fingerprint density at radius 2 is 0.818 bits per heavy atom. The fourth-order valence-corrected chi connectivity index (χ4v) is 7.99. The van der Waals surface area contributed by atoms with Crippen LogP contribution in [-0.2, 0) is 0 Å². The molecule has 0 unspecified atom stereocenters. The minimum Gasteiger partial charge on any atom is -0.0914 e. The molecule has 0 amide bonds. The van der Waals surface area contributed by atoms with Gasteiger partial charge in [0.2, 0.25) is 0 Å². The molecule has 0 saturated heterocycles. The van der Waals surface area contributed by atoms with Gasteiger partial charge in [-0.2, -0.15) is 0 Å². The highest BCUT2D eigenvalue weighted by Crippen LogP contribution is 2.43. The maximum Gasteiger partial charge on any atom is -0.0233 e. The molecule has 4 aliphatic rings. The van der Waals surface area contributed by atoms with Crippen LogP contribution < -0.4 is 0 Å². The van der Waals surface area contributed by atoms with Crippen LogP contribution in [0.5, 0.6) is 0 Å². The summed E-state index contributed by atoms with van der Waals surface area (Å²) in [4.78, 5) is 0. The molecule has 0 radical (unpaired) electrons. The third kappa shape index (κ3) is 8.89. The lowest BCUT2D eigenvalue weighted by atomic mass is 9.69. The van der Waals surface area contributed by atoms with E-state index in [-0.39, 0.29) is 0 Å². The molecule has 0 aromatic heterocycles. The highest BCUT2D eigenvalue weighted by atomic mass is 14.4. The lowest BCUT2D eigenvalue weighted by Crippen LogP contribution is -2.25. The van der Waals surface area contributed by atoms with Gasteiger partial charge in [0.15, 0.2) is 0 Å². The van der Waals surface area contributed by atoms with Crippen molar-refractivity contribution in [2.75, 3.05) is 0 Å². The van der Waals surface area contributed by atoms with Gasteiger partial charge in [0.05, 0.1) is 0 Å². The van der Waals surface area contributed by atoms with Gasteiger partial charge in [0, 0.05) is 0 Å². The van der Waals surface area contributed by atoms with E-state index in [0.29, 0.717) is 0 Å². The normalized spacial score (nSPS) is 40.5. The number of hydrogen-bond acceptors (Lipinski definition) is 0. The molecule has 0 bridgehead atoms. The molecular formula is C33H58. The standard InChI is InChI=1S/C17H30.C16H28/c1-3-5-15-8-12-17(13-9-15)16-10-6-14(4-2)7-11-16;1-3-4-14-7-11-16(12-8-14)15-9-5-13(2)6-10-15/h3,5,14-17H,4,6-13H2,1-2H3;3-4,13-16H,5-12H2,1-2H3/b5-3+;4-3+. The molecule has 0 N–H and O–H groups in total. The minimum absolute atomic E-state index is 0.906. The van der Waals surface area contributed by atoms with Crippen molar-refractivity contribution in [3.8, 4) is 0 Å². The molecule has 4 aliphatic carbocycles. The van der Waals surface area contributed by atoms with Crippen molar-refractivity contribution in [1.29, 1.82) is 0 Å².